The van der Waals surface area contributed by atoms with Gasteiger partial charge in [0.1, 0.15) is 6.61 Å². The molecule has 3 aromatic carbocycles. The van der Waals surface area contributed by atoms with Gasteiger partial charge in [-0.2, -0.15) is 0 Å². The van der Waals surface area contributed by atoms with Gasteiger partial charge in [0.05, 0.1) is 16.0 Å². The molecule has 3 aromatic rings. The van der Waals surface area contributed by atoms with Gasteiger partial charge in [0.25, 0.3) is 0 Å². The van der Waals surface area contributed by atoms with Crippen molar-refractivity contribution in [2.75, 3.05) is 11.9 Å². The fourth-order valence-electron chi connectivity index (χ4n) is 2.82. The van der Waals surface area contributed by atoms with Gasteiger partial charge in [-0.05, 0) is 70.4 Å². The van der Waals surface area contributed by atoms with E-state index in [4.69, 9.17) is 14.6 Å². The minimum Gasteiger partial charge on any atom is -0.490 e. The number of ether oxygens (including phenoxy) is 2. The fraction of sp³-hybridized carbons (Fsp3) is 0.182. The second-order valence-corrected chi connectivity index (χ2v) is 8.95. The van der Waals surface area contributed by atoms with E-state index in [1.165, 1.54) is 12.1 Å². The molecule has 0 fully saturated rings. The molecule has 0 aliphatic carbocycles. The summed E-state index contributed by atoms with van der Waals surface area (Å²) in [5, 5.41) is 8.39. The number of halogens is 1. The summed E-state index contributed by atoms with van der Waals surface area (Å²) in [7, 11) is -3.70. The average molecular weight is 491 g/mol. The quantitative estimate of drug-likeness (QED) is 0.454. The number of anilines is 1. The Labute approximate surface area is 185 Å². The van der Waals surface area contributed by atoms with Crippen molar-refractivity contribution in [1.29, 1.82) is 0 Å². The van der Waals surface area contributed by atoms with Gasteiger partial charge in [0.15, 0.2) is 11.5 Å². The number of nitrogens with one attached hydrogen (secondary N) is 1. The van der Waals surface area contributed by atoms with Crippen LogP contribution in [0.5, 0.6) is 11.5 Å². The molecule has 0 saturated carbocycles. The molecule has 6 nitrogen and oxygen atoms in total. The number of benzene rings is 3. The van der Waals surface area contributed by atoms with E-state index in [-0.39, 0.29) is 4.90 Å². The van der Waals surface area contributed by atoms with Crippen LogP contribution in [0.3, 0.4) is 0 Å². The third-order valence-corrected chi connectivity index (χ3v) is 5.79. The Morgan fingerprint density at radius 2 is 1.67 bits per heavy atom. The smallest absolute Gasteiger partial charge is 0.238 e. The van der Waals surface area contributed by atoms with Crippen LogP contribution in [0.4, 0.5) is 5.69 Å². The van der Waals surface area contributed by atoms with Crippen LogP contribution >= 0.6 is 15.9 Å². The van der Waals surface area contributed by atoms with Gasteiger partial charge in [-0.15, -0.1) is 0 Å². The van der Waals surface area contributed by atoms with Crippen molar-refractivity contribution in [1.82, 2.24) is 0 Å². The van der Waals surface area contributed by atoms with Crippen LogP contribution in [-0.4, -0.2) is 15.0 Å². The van der Waals surface area contributed by atoms with Crippen molar-refractivity contribution in [3.63, 3.8) is 0 Å². The lowest BCUT2D eigenvalue weighted by atomic mass is 10.2. The van der Waals surface area contributed by atoms with Crippen molar-refractivity contribution < 1.29 is 17.9 Å². The molecule has 158 valence electrons. The van der Waals surface area contributed by atoms with E-state index in [0.29, 0.717) is 31.3 Å². The first kappa shape index (κ1) is 22.1. The fourth-order valence-corrected chi connectivity index (χ4v) is 3.94. The Kier molecular flexibility index (Phi) is 7.36. The Hall–Kier alpha value is -2.55. The van der Waals surface area contributed by atoms with Crippen LogP contribution in [0.15, 0.2) is 76.1 Å². The summed E-state index contributed by atoms with van der Waals surface area (Å²) in [6.07, 6.45) is 0. The highest BCUT2D eigenvalue weighted by molar-refractivity contribution is 9.10. The van der Waals surface area contributed by atoms with Gasteiger partial charge in [-0.25, -0.2) is 13.6 Å². The minimum absolute atomic E-state index is 0.0781. The largest absolute Gasteiger partial charge is 0.490 e. The molecule has 3 rings (SSSR count). The molecule has 30 heavy (non-hydrogen) atoms. The SMILES string of the molecule is CCOc1cc(CNc2ccc(S(N)(=O)=O)cc2)cc(Br)c1OCc1ccccc1. The molecule has 0 aromatic heterocycles. The number of rotatable bonds is 9. The molecule has 0 radical (unpaired) electrons. The highest BCUT2D eigenvalue weighted by atomic mass is 79.9. The summed E-state index contributed by atoms with van der Waals surface area (Å²) in [6, 6.07) is 20.1. The lowest BCUT2D eigenvalue weighted by Gasteiger charge is -2.16. The van der Waals surface area contributed by atoms with Crippen molar-refractivity contribution in [3.05, 3.63) is 82.3 Å². The number of primary sulfonamides is 1. The van der Waals surface area contributed by atoms with Crippen LogP contribution in [0.1, 0.15) is 18.1 Å². The average Bonchev–Trinajstić information content (AvgIpc) is 2.72. The predicted octanol–water partition coefficient (Wildman–Crippen LogP) is 4.69. The first-order chi connectivity index (χ1) is 14.4. The highest BCUT2D eigenvalue weighted by Gasteiger charge is 2.13. The maximum Gasteiger partial charge on any atom is 0.238 e. The number of nitrogens with two attached hydrogens (primary N) is 1. The molecule has 0 unspecified atom stereocenters. The van der Waals surface area contributed by atoms with Crippen LogP contribution in [0.2, 0.25) is 0 Å². The van der Waals surface area contributed by atoms with Crippen LogP contribution in [0, 0.1) is 0 Å². The molecule has 0 spiro atoms. The van der Waals surface area contributed by atoms with E-state index in [2.05, 4.69) is 21.2 Å². The standard InChI is InChI=1S/C22H23BrN2O4S/c1-2-28-21-13-17(14-25-18-8-10-19(11-9-18)30(24,26)27)12-20(23)22(21)29-15-16-6-4-3-5-7-16/h3-13,25H,2,14-15H2,1H3,(H2,24,26,27). The molecule has 8 heteroatoms. The zero-order chi connectivity index (χ0) is 21.6. The van der Waals surface area contributed by atoms with E-state index in [9.17, 15) is 8.42 Å². The summed E-state index contributed by atoms with van der Waals surface area (Å²) < 4.78 is 35.3. The van der Waals surface area contributed by atoms with Gasteiger partial charge in [0.2, 0.25) is 10.0 Å². The normalized spacial score (nSPS) is 11.2. The van der Waals surface area contributed by atoms with E-state index in [1.807, 2.05) is 49.4 Å². The second kappa shape index (κ2) is 9.97. The summed E-state index contributed by atoms with van der Waals surface area (Å²) in [6.45, 7) is 3.40. The molecular formula is C22H23BrN2O4S. The highest BCUT2D eigenvalue weighted by Crippen LogP contribution is 2.37. The second-order valence-electron chi connectivity index (χ2n) is 6.54. The van der Waals surface area contributed by atoms with Crippen molar-refractivity contribution in [2.45, 2.75) is 25.0 Å². The van der Waals surface area contributed by atoms with Crippen LogP contribution in [0.25, 0.3) is 0 Å². The summed E-state index contributed by atoms with van der Waals surface area (Å²) in [5.41, 5.74) is 2.83. The summed E-state index contributed by atoms with van der Waals surface area (Å²) >= 11 is 3.59. The topological polar surface area (TPSA) is 90.6 Å². The molecule has 0 amide bonds. The van der Waals surface area contributed by atoms with Gasteiger partial charge in [-0.3, -0.25) is 0 Å². The predicted molar refractivity (Wildman–Crippen MR) is 121 cm³/mol. The number of hydrogen-bond donors (Lipinski definition) is 2. The maximum atomic E-state index is 11.4. The first-order valence-electron chi connectivity index (χ1n) is 9.35. The van der Waals surface area contributed by atoms with E-state index in [0.717, 1.165) is 21.3 Å². The lowest BCUT2D eigenvalue weighted by Crippen LogP contribution is -2.12. The Morgan fingerprint density at radius 3 is 2.30 bits per heavy atom. The van der Waals surface area contributed by atoms with Gasteiger partial charge in [-0.1, -0.05) is 30.3 Å². The molecule has 0 bridgehead atoms. The monoisotopic (exact) mass is 490 g/mol. The summed E-state index contributed by atoms with van der Waals surface area (Å²) in [4.78, 5) is 0.0781. The Balaban J connectivity index is 1.72. The van der Waals surface area contributed by atoms with Crippen LogP contribution < -0.4 is 19.9 Å². The van der Waals surface area contributed by atoms with E-state index < -0.39 is 10.0 Å². The zero-order valence-corrected chi connectivity index (χ0v) is 18.9. The van der Waals surface area contributed by atoms with Gasteiger partial charge < -0.3 is 14.8 Å². The molecular weight excluding hydrogens is 468 g/mol. The maximum absolute atomic E-state index is 11.4. The zero-order valence-electron chi connectivity index (χ0n) is 16.5. The third-order valence-electron chi connectivity index (χ3n) is 4.27. The van der Waals surface area contributed by atoms with Crippen LogP contribution in [-0.2, 0) is 23.2 Å². The minimum atomic E-state index is -3.70. The first-order valence-corrected chi connectivity index (χ1v) is 11.7. The van der Waals surface area contributed by atoms with Gasteiger partial charge in [0, 0.05) is 12.2 Å². The molecule has 0 aliphatic heterocycles. The van der Waals surface area contributed by atoms with Crippen molar-refractivity contribution in [3.8, 4) is 11.5 Å². The number of hydrogen-bond acceptors (Lipinski definition) is 5. The van der Waals surface area contributed by atoms with Crippen molar-refractivity contribution in [2.24, 2.45) is 5.14 Å². The van der Waals surface area contributed by atoms with E-state index in [1.54, 1.807) is 12.1 Å². The number of sulfonamides is 1. The molecule has 0 heterocycles. The van der Waals surface area contributed by atoms with Gasteiger partial charge >= 0.3 is 0 Å². The molecule has 0 atom stereocenters. The summed E-state index contributed by atoms with van der Waals surface area (Å²) in [5.74, 6) is 1.31. The molecule has 0 saturated heterocycles. The van der Waals surface area contributed by atoms with Crippen molar-refractivity contribution >= 4 is 31.6 Å². The molecule has 0 aliphatic rings. The molecule has 3 N–H and O–H groups in total. The lowest BCUT2D eigenvalue weighted by molar-refractivity contribution is 0.267. The Morgan fingerprint density at radius 1 is 0.967 bits per heavy atom. The Bertz CT molecular complexity index is 1090. The van der Waals surface area contributed by atoms with E-state index >= 15 is 0 Å². The third kappa shape index (κ3) is 5.98.